The van der Waals surface area contributed by atoms with Crippen LogP contribution in [-0.2, 0) is 32.7 Å². The Bertz CT molecular complexity index is 1050. The molecule has 0 aromatic carbocycles. The number of allylic oxidation sites excluding steroid dienone is 2. The van der Waals surface area contributed by atoms with E-state index in [2.05, 4.69) is 26.0 Å². The first kappa shape index (κ1) is 59.8. The van der Waals surface area contributed by atoms with Gasteiger partial charge in [-0.2, -0.15) is 0 Å². The lowest BCUT2D eigenvalue weighted by Gasteiger charge is -2.24. The van der Waals surface area contributed by atoms with Crippen LogP contribution in [0.1, 0.15) is 251 Å². The summed E-state index contributed by atoms with van der Waals surface area (Å²) in [5, 5.41) is 0. The molecule has 0 radical (unpaired) electrons. The Morgan fingerprint density at radius 1 is 0.492 bits per heavy atom. The maximum atomic E-state index is 12.7. The molecule has 0 amide bonds. The molecule has 0 fully saturated rings. The van der Waals surface area contributed by atoms with E-state index in [-0.39, 0.29) is 32.0 Å². The minimum absolute atomic E-state index is 0.0307. The predicted octanol–water partition coefficient (Wildman–Crippen LogP) is 15.3. The van der Waals surface area contributed by atoms with E-state index in [4.69, 9.17) is 18.5 Å². The number of nitrogens with zero attached hydrogens (tertiary/aromatic N) is 1. The number of phosphoric acid groups is 1. The largest absolute Gasteiger partial charge is 0.472 e. The monoisotopic (exact) mass is 887 g/mol. The topological polar surface area (TPSA) is 108 Å². The Morgan fingerprint density at radius 2 is 0.852 bits per heavy atom. The van der Waals surface area contributed by atoms with Crippen molar-refractivity contribution in [1.29, 1.82) is 0 Å². The van der Waals surface area contributed by atoms with Crippen LogP contribution in [0, 0.1) is 0 Å². The molecule has 0 rings (SSSR count). The van der Waals surface area contributed by atoms with Crippen LogP contribution in [0.25, 0.3) is 0 Å². The van der Waals surface area contributed by atoms with Gasteiger partial charge in [0.15, 0.2) is 6.10 Å². The number of phosphoric ester groups is 1. The minimum Gasteiger partial charge on any atom is -0.462 e. The fourth-order valence-electron chi connectivity index (χ4n) is 7.49. The maximum Gasteiger partial charge on any atom is 0.472 e. The Balaban J connectivity index is 4.21. The number of carbonyl (C=O) groups excluding carboxylic acids is 2. The van der Waals surface area contributed by atoms with Gasteiger partial charge in [0.25, 0.3) is 0 Å². The number of ether oxygens (including phenoxy) is 2. The third kappa shape index (κ3) is 48.1. The van der Waals surface area contributed by atoms with Gasteiger partial charge < -0.3 is 18.9 Å². The van der Waals surface area contributed by atoms with Crippen LogP contribution in [0.5, 0.6) is 0 Å². The van der Waals surface area contributed by atoms with Crippen molar-refractivity contribution >= 4 is 19.8 Å². The molecule has 0 aromatic rings. The Hall–Kier alpha value is -1.25. The predicted molar refractivity (Wildman–Crippen MR) is 257 cm³/mol. The summed E-state index contributed by atoms with van der Waals surface area (Å²) in [5.41, 5.74) is 0. The van der Waals surface area contributed by atoms with Crippen molar-refractivity contribution in [3.8, 4) is 0 Å². The zero-order valence-electron chi connectivity index (χ0n) is 40.9. The van der Waals surface area contributed by atoms with Crippen LogP contribution in [-0.4, -0.2) is 74.9 Å². The van der Waals surface area contributed by atoms with Crippen molar-refractivity contribution in [1.82, 2.24) is 0 Å². The van der Waals surface area contributed by atoms with E-state index in [0.29, 0.717) is 17.4 Å². The quantitative estimate of drug-likeness (QED) is 0.0212. The van der Waals surface area contributed by atoms with Crippen molar-refractivity contribution in [3.63, 3.8) is 0 Å². The van der Waals surface area contributed by atoms with Gasteiger partial charge in [0.2, 0.25) is 0 Å². The molecular weight excluding hydrogens is 786 g/mol. The first-order valence-corrected chi connectivity index (χ1v) is 27.4. The molecule has 0 aliphatic rings. The van der Waals surface area contributed by atoms with E-state index in [9.17, 15) is 19.0 Å². The molecular formula is C51H101NO8P+. The van der Waals surface area contributed by atoms with E-state index < -0.39 is 26.5 Å². The first-order chi connectivity index (χ1) is 29.5. The normalized spacial score (nSPS) is 13.5. The third-order valence-electron chi connectivity index (χ3n) is 11.5. The Labute approximate surface area is 377 Å². The summed E-state index contributed by atoms with van der Waals surface area (Å²) in [7, 11) is 1.48. The molecule has 0 aromatic heterocycles. The maximum absolute atomic E-state index is 12.7. The Morgan fingerprint density at radius 3 is 1.26 bits per heavy atom. The van der Waals surface area contributed by atoms with Gasteiger partial charge >= 0.3 is 19.8 Å². The second kappa shape index (κ2) is 44.0. The molecule has 0 bridgehead atoms. The molecule has 2 atom stereocenters. The van der Waals surface area contributed by atoms with Crippen LogP contribution in [0.4, 0.5) is 0 Å². The average molecular weight is 887 g/mol. The average Bonchev–Trinajstić information content (AvgIpc) is 3.21. The Kier molecular flexibility index (Phi) is 43.1. The highest BCUT2D eigenvalue weighted by Gasteiger charge is 2.27. The molecule has 0 spiro atoms. The van der Waals surface area contributed by atoms with E-state index in [1.807, 2.05) is 21.1 Å². The molecule has 0 saturated heterocycles. The van der Waals surface area contributed by atoms with Crippen molar-refractivity contribution in [2.75, 3.05) is 47.5 Å². The number of quaternary nitrogens is 1. The summed E-state index contributed by atoms with van der Waals surface area (Å²) >= 11 is 0. The fraction of sp³-hybridized carbons (Fsp3) is 0.922. The third-order valence-corrected chi connectivity index (χ3v) is 12.5. The zero-order valence-corrected chi connectivity index (χ0v) is 41.8. The fourth-order valence-corrected chi connectivity index (χ4v) is 8.23. The van der Waals surface area contributed by atoms with Crippen LogP contribution >= 0.6 is 7.82 Å². The molecule has 0 heterocycles. The number of rotatable bonds is 48. The molecule has 362 valence electrons. The number of likely N-dealkylation sites (N-methyl/N-ethyl adjacent to an activating group) is 1. The molecule has 1 N–H and O–H groups in total. The highest BCUT2D eigenvalue weighted by molar-refractivity contribution is 7.47. The van der Waals surface area contributed by atoms with Gasteiger partial charge in [-0.05, 0) is 32.1 Å². The van der Waals surface area contributed by atoms with Crippen LogP contribution in [0.2, 0.25) is 0 Å². The summed E-state index contributed by atoms with van der Waals surface area (Å²) < 4.78 is 34.4. The molecule has 1 unspecified atom stereocenters. The number of unbranched alkanes of at least 4 members (excludes halogenated alkanes) is 32. The summed E-state index contributed by atoms with van der Waals surface area (Å²) in [5.74, 6) is -0.821. The molecule has 10 heteroatoms. The van der Waals surface area contributed by atoms with Crippen molar-refractivity contribution in [3.05, 3.63) is 12.2 Å². The summed E-state index contributed by atoms with van der Waals surface area (Å²) in [4.78, 5) is 35.5. The lowest BCUT2D eigenvalue weighted by Crippen LogP contribution is -2.37. The van der Waals surface area contributed by atoms with Crippen LogP contribution < -0.4 is 0 Å². The second-order valence-electron chi connectivity index (χ2n) is 18.9. The lowest BCUT2D eigenvalue weighted by atomic mass is 10.0. The molecule has 9 nitrogen and oxygen atoms in total. The summed E-state index contributed by atoms with van der Waals surface area (Å²) in [6.45, 7) is 4.44. The van der Waals surface area contributed by atoms with Gasteiger partial charge in [0, 0.05) is 12.8 Å². The smallest absolute Gasteiger partial charge is 0.462 e. The summed E-state index contributed by atoms with van der Waals surface area (Å²) in [6, 6.07) is 0. The van der Waals surface area contributed by atoms with Gasteiger partial charge in [-0.3, -0.25) is 18.6 Å². The molecule has 0 aliphatic heterocycles. The lowest BCUT2D eigenvalue weighted by molar-refractivity contribution is -0.870. The van der Waals surface area contributed by atoms with E-state index in [0.717, 1.165) is 32.1 Å². The van der Waals surface area contributed by atoms with E-state index in [1.165, 1.54) is 186 Å². The highest BCUT2D eigenvalue weighted by atomic mass is 31.2. The first-order valence-electron chi connectivity index (χ1n) is 25.9. The summed E-state index contributed by atoms with van der Waals surface area (Å²) in [6.07, 6.45) is 48.5. The van der Waals surface area contributed by atoms with Gasteiger partial charge in [-0.25, -0.2) is 4.57 Å². The van der Waals surface area contributed by atoms with Crippen LogP contribution in [0.15, 0.2) is 12.2 Å². The number of hydrogen-bond acceptors (Lipinski definition) is 7. The van der Waals surface area contributed by atoms with Gasteiger partial charge in [-0.1, -0.05) is 219 Å². The van der Waals surface area contributed by atoms with Crippen LogP contribution in [0.3, 0.4) is 0 Å². The van der Waals surface area contributed by atoms with Gasteiger partial charge in [0.1, 0.15) is 19.8 Å². The minimum atomic E-state index is -4.38. The van der Waals surface area contributed by atoms with E-state index >= 15 is 0 Å². The SMILES string of the molecule is CCCCCCCCCCCCCCCCCCCC/C=C/CCCC(=O)O[C@H](COC(=O)CCCCCCCCCCCCCCCC)COP(=O)(O)OCC[N+](C)(C)C. The van der Waals surface area contributed by atoms with Crippen molar-refractivity contribution in [2.24, 2.45) is 0 Å². The van der Waals surface area contributed by atoms with Crippen molar-refractivity contribution < 1.29 is 42.1 Å². The molecule has 0 aliphatic carbocycles. The van der Waals surface area contributed by atoms with Gasteiger partial charge in [-0.15, -0.1) is 0 Å². The second-order valence-corrected chi connectivity index (χ2v) is 20.4. The molecule has 0 saturated carbocycles. The van der Waals surface area contributed by atoms with Gasteiger partial charge in [0.05, 0.1) is 27.7 Å². The zero-order chi connectivity index (χ0) is 45.0. The highest BCUT2D eigenvalue weighted by Crippen LogP contribution is 2.43. The number of carbonyl (C=O) groups is 2. The van der Waals surface area contributed by atoms with E-state index in [1.54, 1.807) is 0 Å². The molecule has 61 heavy (non-hydrogen) atoms. The number of hydrogen-bond donors (Lipinski definition) is 1. The standard InChI is InChI=1S/C51H100NO8P/c1-6-8-10-12-14-16-18-20-22-23-24-25-26-27-28-29-30-32-34-36-38-40-42-44-51(54)60-49(48-59-61(55,56)58-46-45-52(3,4)5)47-57-50(53)43-41-39-37-35-33-31-21-19-17-15-13-11-9-7-2/h36,38,49H,6-35,37,39-48H2,1-5H3/p+1/b38-36+/t49-/m1/s1. The number of esters is 2. The van der Waals surface area contributed by atoms with Crippen molar-refractivity contribution in [2.45, 2.75) is 258 Å².